The zero-order valence-corrected chi connectivity index (χ0v) is 28.4. The van der Waals surface area contributed by atoms with Gasteiger partial charge < -0.3 is 51.1 Å². The lowest BCUT2D eigenvalue weighted by Gasteiger charge is -2.48. The van der Waals surface area contributed by atoms with E-state index in [9.17, 15) is 51.1 Å². The fraction of sp³-hybridized carbons (Fsp3) is 0.163. The molecule has 0 fully saturated rings. The van der Waals surface area contributed by atoms with Crippen LogP contribution < -0.4 is 9.78 Å². The van der Waals surface area contributed by atoms with E-state index < -0.39 is 23.2 Å². The molecule has 0 amide bonds. The lowest BCUT2D eigenvalue weighted by Crippen LogP contribution is -2.43. The minimum Gasteiger partial charge on any atom is -0.508 e. The maximum absolute atomic E-state index is 11.4. The fourth-order valence-corrected chi connectivity index (χ4v) is 10.9. The van der Waals surface area contributed by atoms with Crippen molar-refractivity contribution in [2.45, 2.75) is 41.9 Å². The Kier molecular flexibility index (Phi) is 5.78. The number of benzene rings is 6. The molecule has 0 aliphatic heterocycles. The van der Waals surface area contributed by atoms with Crippen LogP contribution in [0.15, 0.2) is 72.8 Å². The first-order valence-corrected chi connectivity index (χ1v) is 17.6. The number of phenols is 10. The van der Waals surface area contributed by atoms with Gasteiger partial charge in [0.1, 0.15) is 46.0 Å². The van der Waals surface area contributed by atoms with Gasteiger partial charge in [0.25, 0.3) is 0 Å². The standard InChI is InChI=1S/C43H30O12/c44-16-1-15-2-21-20-12-35(30(49)10-22(20)39(37(15)32(51)7-16)26-4-18(46)8-33(52)38(21)26)54-55-36-13-25-24(11-31(36)50)41-27-5-19(47)9-34(53)42(27)43(41)14-28-23(40(25)43)3-17(45)6-29(28)48/h1,3-13,21,39-41,44-53H,2,14H2. The van der Waals surface area contributed by atoms with E-state index in [1.807, 2.05) is 0 Å². The van der Waals surface area contributed by atoms with Crippen molar-refractivity contribution in [1.29, 1.82) is 0 Å². The maximum Gasteiger partial charge on any atom is 0.220 e. The number of aromatic hydroxyl groups is 10. The molecule has 55 heavy (non-hydrogen) atoms. The molecule has 0 saturated heterocycles. The molecule has 6 aliphatic rings. The number of rotatable bonds is 3. The average molecular weight is 739 g/mol. The zero-order valence-electron chi connectivity index (χ0n) is 28.4. The van der Waals surface area contributed by atoms with Crippen molar-refractivity contribution in [3.63, 3.8) is 0 Å². The molecule has 12 nitrogen and oxygen atoms in total. The Morgan fingerprint density at radius 2 is 0.964 bits per heavy atom. The van der Waals surface area contributed by atoms with E-state index in [4.69, 9.17) is 9.78 Å². The van der Waals surface area contributed by atoms with E-state index in [0.29, 0.717) is 73.2 Å². The Morgan fingerprint density at radius 3 is 1.67 bits per heavy atom. The van der Waals surface area contributed by atoms with Crippen LogP contribution >= 0.6 is 0 Å². The molecule has 12 heteroatoms. The molecular formula is C43H30O12. The van der Waals surface area contributed by atoms with Gasteiger partial charge in [0, 0.05) is 70.0 Å². The third-order valence-electron chi connectivity index (χ3n) is 12.6. The lowest BCUT2D eigenvalue weighted by atomic mass is 9.53. The van der Waals surface area contributed by atoms with Gasteiger partial charge in [-0.25, -0.2) is 0 Å². The van der Waals surface area contributed by atoms with Gasteiger partial charge in [-0.1, -0.05) is 0 Å². The highest BCUT2D eigenvalue weighted by atomic mass is 17.2. The van der Waals surface area contributed by atoms with Crippen molar-refractivity contribution in [2.75, 3.05) is 0 Å². The molecule has 5 unspecified atom stereocenters. The normalized spacial score (nSPS) is 22.5. The Hall–Kier alpha value is -7.08. The zero-order chi connectivity index (χ0) is 38.0. The summed E-state index contributed by atoms with van der Waals surface area (Å²) in [6.07, 6.45) is 0.567. The van der Waals surface area contributed by atoms with Crippen molar-refractivity contribution >= 4 is 0 Å². The van der Waals surface area contributed by atoms with Crippen molar-refractivity contribution in [1.82, 2.24) is 0 Å². The molecule has 0 aromatic heterocycles. The molecule has 6 aromatic rings. The monoisotopic (exact) mass is 738 g/mol. The largest absolute Gasteiger partial charge is 0.508 e. The molecule has 10 N–H and O–H groups in total. The predicted octanol–water partition coefficient (Wildman–Crippen LogP) is 6.38. The second kappa shape index (κ2) is 10.1. The van der Waals surface area contributed by atoms with Gasteiger partial charge in [-0.15, -0.1) is 0 Å². The average Bonchev–Trinajstić information content (AvgIpc) is 3.44. The quantitative estimate of drug-likeness (QED) is 0.0706. The minimum absolute atomic E-state index is 0.0837. The Morgan fingerprint density at radius 1 is 0.436 bits per heavy atom. The van der Waals surface area contributed by atoms with E-state index in [0.717, 1.165) is 0 Å². The highest BCUT2D eigenvalue weighted by Crippen LogP contribution is 2.76. The third kappa shape index (κ3) is 3.84. The smallest absolute Gasteiger partial charge is 0.220 e. The first-order valence-electron chi connectivity index (χ1n) is 17.6. The fourth-order valence-electron chi connectivity index (χ4n) is 10.9. The van der Waals surface area contributed by atoms with Crippen LogP contribution in [0.4, 0.5) is 0 Å². The van der Waals surface area contributed by atoms with Crippen LogP contribution in [-0.4, -0.2) is 51.1 Å². The van der Waals surface area contributed by atoms with Gasteiger partial charge in [0.05, 0.1) is 0 Å². The van der Waals surface area contributed by atoms with Crippen LogP contribution in [0.25, 0.3) is 0 Å². The van der Waals surface area contributed by atoms with E-state index in [1.54, 1.807) is 30.3 Å². The summed E-state index contributed by atoms with van der Waals surface area (Å²) in [5.74, 6) is -4.11. The molecule has 0 heterocycles. The minimum atomic E-state index is -0.787. The van der Waals surface area contributed by atoms with E-state index in [1.165, 1.54) is 42.5 Å². The maximum atomic E-state index is 11.4. The molecule has 274 valence electrons. The van der Waals surface area contributed by atoms with Crippen LogP contribution in [0.2, 0.25) is 0 Å². The summed E-state index contributed by atoms with van der Waals surface area (Å²) in [6, 6.07) is 17.4. The Bertz CT molecular complexity index is 2770. The van der Waals surface area contributed by atoms with Gasteiger partial charge in [-0.3, -0.25) is 9.78 Å². The summed E-state index contributed by atoms with van der Waals surface area (Å²) in [6.45, 7) is 0. The van der Waals surface area contributed by atoms with E-state index in [-0.39, 0.29) is 81.3 Å². The molecule has 6 aliphatic carbocycles. The summed E-state index contributed by atoms with van der Waals surface area (Å²) < 4.78 is 0. The highest BCUT2D eigenvalue weighted by Gasteiger charge is 2.67. The Labute approximate surface area is 310 Å². The first-order chi connectivity index (χ1) is 26.3. The van der Waals surface area contributed by atoms with Gasteiger partial charge >= 0.3 is 0 Å². The van der Waals surface area contributed by atoms with Crippen LogP contribution in [0, 0.1) is 0 Å². The molecule has 2 bridgehead atoms. The van der Waals surface area contributed by atoms with Crippen LogP contribution in [-0.2, 0) is 18.3 Å². The second-order valence-corrected chi connectivity index (χ2v) is 15.3. The Balaban J connectivity index is 1.01. The molecule has 12 rings (SSSR count). The van der Waals surface area contributed by atoms with Crippen molar-refractivity contribution < 1.29 is 60.8 Å². The number of phenolic OH excluding ortho intramolecular Hbond substituents is 10. The molecule has 1 spiro atoms. The summed E-state index contributed by atoms with van der Waals surface area (Å²) in [5.41, 5.74) is 6.49. The predicted molar refractivity (Wildman–Crippen MR) is 192 cm³/mol. The second-order valence-electron chi connectivity index (χ2n) is 15.3. The SMILES string of the molecule is Oc1cc(O)c2c(c1)CC1c3cc(OOc4cc5c(cc4O)C4c6cc(O)cc(O)c6C46Cc4c(O)cc(O)cc4C56)c(O)cc3C2c2cc(O)cc(O)c21. The van der Waals surface area contributed by atoms with Gasteiger partial charge in [-0.05, 0) is 111 Å². The molecule has 0 radical (unpaired) electrons. The van der Waals surface area contributed by atoms with Crippen molar-refractivity contribution in [3.8, 4) is 69.0 Å². The molecular weight excluding hydrogens is 708 g/mol. The summed E-state index contributed by atoms with van der Waals surface area (Å²) in [7, 11) is 0. The third-order valence-corrected chi connectivity index (χ3v) is 12.6. The molecule has 0 saturated carbocycles. The van der Waals surface area contributed by atoms with Crippen molar-refractivity contribution in [3.05, 3.63) is 140 Å². The van der Waals surface area contributed by atoms with Crippen LogP contribution in [0.5, 0.6) is 69.0 Å². The summed E-state index contributed by atoms with van der Waals surface area (Å²) in [5, 5.41) is 109. The van der Waals surface area contributed by atoms with Gasteiger partial charge in [0.2, 0.25) is 11.5 Å². The summed E-state index contributed by atoms with van der Waals surface area (Å²) in [4.78, 5) is 11.5. The lowest BCUT2D eigenvalue weighted by molar-refractivity contribution is -0.103. The first kappa shape index (κ1) is 31.4. The van der Waals surface area contributed by atoms with Crippen LogP contribution in [0.1, 0.15) is 90.4 Å². The van der Waals surface area contributed by atoms with Gasteiger partial charge in [0.15, 0.2) is 11.5 Å². The van der Waals surface area contributed by atoms with Crippen LogP contribution in [0.3, 0.4) is 0 Å². The number of hydrogen-bond donors (Lipinski definition) is 10. The van der Waals surface area contributed by atoms with Gasteiger partial charge in [-0.2, -0.15) is 0 Å². The molecule has 5 atom stereocenters. The summed E-state index contributed by atoms with van der Waals surface area (Å²) >= 11 is 0. The van der Waals surface area contributed by atoms with Crippen molar-refractivity contribution in [2.24, 2.45) is 0 Å². The number of hydrogen-bond acceptors (Lipinski definition) is 12. The highest BCUT2D eigenvalue weighted by molar-refractivity contribution is 5.78. The van der Waals surface area contributed by atoms with E-state index >= 15 is 0 Å². The van der Waals surface area contributed by atoms with E-state index in [2.05, 4.69) is 0 Å². The molecule has 6 aromatic carbocycles. The topological polar surface area (TPSA) is 221 Å². The number of fused-ring (bicyclic) bond motifs is 7.